The Bertz CT molecular complexity index is 1370. The highest BCUT2D eigenvalue weighted by atomic mass is 35.5. The molecule has 1 aliphatic rings. The Balaban J connectivity index is 1.66. The van der Waals surface area contributed by atoms with E-state index in [1.807, 2.05) is 31.2 Å². The average molecular weight is 509 g/mol. The number of nitrogens with zero attached hydrogens (tertiary/aromatic N) is 1. The number of carbonyl (C=O) groups is 3. The minimum Gasteiger partial charge on any atom is -0.490 e. The monoisotopic (exact) mass is 508 g/mol. The van der Waals surface area contributed by atoms with Crippen LogP contribution in [0.15, 0.2) is 66.2 Å². The van der Waals surface area contributed by atoms with E-state index in [2.05, 4.69) is 5.32 Å². The molecule has 1 N–H and O–H groups in total. The Morgan fingerprint density at radius 3 is 2.44 bits per heavy atom. The number of benzene rings is 3. The predicted octanol–water partition coefficient (Wildman–Crippen LogP) is 5.43. The molecule has 0 saturated carbocycles. The molecule has 0 aromatic heterocycles. The summed E-state index contributed by atoms with van der Waals surface area (Å²) in [6.07, 6.45) is 1.26. The molecule has 4 amide bonds. The number of ether oxygens (including phenoxy) is 2. The van der Waals surface area contributed by atoms with E-state index in [1.54, 1.807) is 13.0 Å². The maximum Gasteiger partial charge on any atom is 0.336 e. The molecule has 36 heavy (non-hydrogen) atoms. The minimum atomic E-state index is -1.04. The second-order valence-electron chi connectivity index (χ2n) is 7.95. The van der Waals surface area contributed by atoms with Crippen molar-refractivity contribution in [3.8, 4) is 11.5 Å². The van der Waals surface area contributed by atoms with Gasteiger partial charge >= 0.3 is 6.03 Å². The number of aryl methyl sites for hydroxylation is 1. The first kappa shape index (κ1) is 24.9. The van der Waals surface area contributed by atoms with Crippen LogP contribution in [0.3, 0.4) is 0 Å². The Kier molecular flexibility index (Phi) is 7.36. The third kappa shape index (κ3) is 5.23. The number of hydrogen-bond donors (Lipinski definition) is 1. The van der Waals surface area contributed by atoms with E-state index in [9.17, 15) is 18.8 Å². The van der Waals surface area contributed by atoms with Crippen molar-refractivity contribution in [2.45, 2.75) is 20.5 Å². The summed E-state index contributed by atoms with van der Waals surface area (Å²) in [6, 6.07) is 15.1. The molecular weight excluding hydrogens is 487 g/mol. The fraction of sp³-hybridized carbons (Fsp3) is 0.148. The predicted molar refractivity (Wildman–Crippen MR) is 134 cm³/mol. The summed E-state index contributed by atoms with van der Waals surface area (Å²) in [6.45, 7) is 4.34. The van der Waals surface area contributed by atoms with E-state index >= 15 is 0 Å². The molecule has 7 nitrogen and oxygen atoms in total. The third-order valence-electron chi connectivity index (χ3n) is 5.34. The Labute approximate surface area is 212 Å². The van der Waals surface area contributed by atoms with Crippen molar-refractivity contribution in [2.75, 3.05) is 11.5 Å². The average Bonchev–Trinajstić information content (AvgIpc) is 2.83. The first-order valence-corrected chi connectivity index (χ1v) is 11.5. The second-order valence-corrected chi connectivity index (χ2v) is 8.35. The lowest BCUT2D eigenvalue weighted by molar-refractivity contribution is -0.122. The van der Waals surface area contributed by atoms with Crippen LogP contribution in [0.5, 0.6) is 11.5 Å². The molecule has 3 aromatic rings. The summed E-state index contributed by atoms with van der Waals surface area (Å²) in [4.78, 5) is 38.5. The van der Waals surface area contributed by atoms with Gasteiger partial charge in [-0.2, -0.15) is 0 Å². The maximum absolute atomic E-state index is 14.3. The Hall–Kier alpha value is -4.17. The van der Waals surface area contributed by atoms with Crippen molar-refractivity contribution in [1.82, 2.24) is 5.32 Å². The number of hydrogen-bond acceptors (Lipinski definition) is 5. The molecule has 0 bridgehead atoms. The number of halogens is 2. The van der Waals surface area contributed by atoms with Crippen LogP contribution in [0.4, 0.5) is 14.9 Å². The number of para-hydroxylation sites is 1. The largest absolute Gasteiger partial charge is 0.490 e. The fourth-order valence-corrected chi connectivity index (χ4v) is 3.86. The van der Waals surface area contributed by atoms with Gasteiger partial charge in [-0.3, -0.25) is 14.9 Å². The summed E-state index contributed by atoms with van der Waals surface area (Å²) in [5.41, 5.74) is 1.77. The van der Waals surface area contributed by atoms with E-state index < -0.39 is 23.7 Å². The van der Waals surface area contributed by atoms with Crippen molar-refractivity contribution in [3.63, 3.8) is 0 Å². The van der Waals surface area contributed by atoms with Crippen molar-refractivity contribution in [1.29, 1.82) is 0 Å². The van der Waals surface area contributed by atoms with Gasteiger partial charge in [-0.25, -0.2) is 14.1 Å². The van der Waals surface area contributed by atoms with Crippen LogP contribution in [0.1, 0.15) is 23.6 Å². The number of anilines is 1. The van der Waals surface area contributed by atoms with Crippen molar-refractivity contribution in [3.05, 3.63) is 93.8 Å². The summed E-state index contributed by atoms with van der Waals surface area (Å²) in [7, 11) is 0. The van der Waals surface area contributed by atoms with Gasteiger partial charge in [-0.05, 0) is 55.3 Å². The molecule has 1 heterocycles. The van der Waals surface area contributed by atoms with Gasteiger partial charge in [0.05, 0.1) is 17.3 Å². The smallest absolute Gasteiger partial charge is 0.336 e. The topological polar surface area (TPSA) is 84.9 Å². The highest BCUT2D eigenvalue weighted by Crippen LogP contribution is 2.38. The summed E-state index contributed by atoms with van der Waals surface area (Å²) < 4.78 is 25.9. The summed E-state index contributed by atoms with van der Waals surface area (Å²) in [5, 5.41) is 2.27. The van der Waals surface area contributed by atoms with E-state index in [4.69, 9.17) is 21.1 Å². The van der Waals surface area contributed by atoms with Crippen LogP contribution in [-0.4, -0.2) is 24.5 Å². The molecule has 9 heteroatoms. The maximum atomic E-state index is 14.3. The molecule has 4 rings (SSSR count). The summed E-state index contributed by atoms with van der Waals surface area (Å²) >= 11 is 6.49. The Morgan fingerprint density at radius 1 is 1.03 bits per heavy atom. The molecule has 3 aromatic carbocycles. The van der Waals surface area contributed by atoms with Gasteiger partial charge < -0.3 is 9.47 Å². The lowest BCUT2D eigenvalue weighted by atomic mass is 10.1. The molecule has 1 fully saturated rings. The van der Waals surface area contributed by atoms with Gasteiger partial charge in [0.2, 0.25) is 0 Å². The molecule has 1 saturated heterocycles. The van der Waals surface area contributed by atoms with Gasteiger partial charge in [-0.15, -0.1) is 0 Å². The first-order chi connectivity index (χ1) is 17.3. The van der Waals surface area contributed by atoms with E-state index in [0.29, 0.717) is 28.6 Å². The van der Waals surface area contributed by atoms with E-state index in [-0.39, 0.29) is 22.9 Å². The van der Waals surface area contributed by atoms with E-state index in [1.165, 1.54) is 30.3 Å². The standard InChI is InChI=1S/C27H22ClFN2O5/c1-3-35-23-14-18(13-20(28)24(23)36-15-17-10-8-16(2)9-11-17)12-19-25(32)30-27(34)31(26(19)33)22-7-5-4-6-21(22)29/h4-14H,3,15H2,1-2H3,(H,30,32,34)/b19-12-. The van der Waals surface area contributed by atoms with Crippen molar-refractivity contribution < 1.29 is 28.2 Å². The highest BCUT2D eigenvalue weighted by molar-refractivity contribution is 6.39. The third-order valence-corrected chi connectivity index (χ3v) is 5.62. The van der Waals surface area contributed by atoms with Gasteiger partial charge in [0.25, 0.3) is 11.8 Å². The van der Waals surface area contributed by atoms with Gasteiger partial charge in [0.15, 0.2) is 11.5 Å². The number of amides is 4. The molecule has 184 valence electrons. The van der Waals surface area contributed by atoms with Gasteiger partial charge in [-0.1, -0.05) is 53.6 Å². The van der Waals surface area contributed by atoms with Gasteiger partial charge in [0.1, 0.15) is 18.0 Å². The van der Waals surface area contributed by atoms with Crippen LogP contribution in [0, 0.1) is 12.7 Å². The first-order valence-electron chi connectivity index (χ1n) is 11.1. The summed E-state index contributed by atoms with van der Waals surface area (Å²) in [5.74, 6) is -2.04. The molecule has 0 unspecified atom stereocenters. The zero-order chi connectivity index (χ0) is 25.8. The van der Waals surface area contributed by atoms with Crippen LogP contribution in [0.2, 0.25) is 5.02 Å². The SMILES string of the molecule is CCOc1cc(/C=C2/C(=O)NC(=O)N(c3ccccc3F)C2=O)cc(Cl)c1OCc1ccc(C)cc1. The number of urea groups is 1. The minimum absolute atomic E-state index is 0.200. The van der Waals surface area contributed by atoms with Crippen LogP contribution in [-0.2, 0) is 16.2 Å². The lowest BCUT2D eigenvalue weighted by Gasteiger charge is -2.26. The lowest BCUT2D eigenvalue weighted by Crippen LogP contribution is -2.54. The fourth-order valence-electron chi connectivity index (χ4n) is 3.59. The molecule has 0 radical (unpaired) electrons. The number of barbiturate groups is 1. The Morgan fingerprint density at radius 2 is 1.75 bits per heavy atom. The number of rotatable bonds is 7. The number of nitrogens with one attached hydrogen (secondary N) is 1. The van der Waals surface area contributed by atoms with E-state index in [0.717, 1.165) is 17.2 Å². The van der Waals surface area contributed by atoms with Crippen LogP contribution >= 0.6 is 11.6 Å². The molecule has 0 atom stereocenters. The van der Waals surface area contributed by atoms with Crippen LogP contribution in [0.25, 0.3) is 6.08 Å². The van der Waals surface area contributed by atoms with Crippen molar-refractivity contribution >= 4 is 41.2 Å². The zero-order valence-electron chi connectivity index (χ0n) is 19.5. The van der Waals surface area contributed by atoms with Crippen LogP contribution < -0.4 is 19.7 Å². The zero-order valence-corrected chi connectivity index (χ0v) is 20.3. The van der Waals surface area contributed by atoms with Gasteiger partial charge in [0, 0.05) is 0 Å². The highest BCUT2D eigenvalue weighted by Gasteiger charge is 2.38. The number of carbonyl (C=O) groups excluding carboxylic acids is 3. The molecule has 0 aliphatic carbocycles. The van der Waals surface area contributed by atoms with Crippen molar-refractivity contribution in [2.24, 2.45) is 0 Å². The molecule has 0 spiro atoms. The second kappa shape index (κ2) is 10.6. The molecule has 1 aliphatic heterocycles. The number of imide groups is 2. The molecular formula is C27H22ClFN2O5. The quantitative estimate of drug-likeness (QED) is 0.340. The normalized spacial score (nSPS) is 14.7.